The molecule has 2 rings (SSSR count). The molecule has 112 valence electrons. The third-order valence-corrected chi connectivity index (χ3v) is 3.73. The monoisotopic (exact) mass is 327 g/mol. The molecule has 21 heavy (non-hydrogen) atoms. The number of carbonyl (C=O) groups excluding carboxylic acids is 1. The molecule has 0 fully saturated rings. The van der Waals surface area contributed by atoms with E-state index in [0.29, 0.717) is 23.1 Å². The van der Waals surface area contributed by atoms with Crippen LogP contribution in [0.1, 0.15) is 24.3 Å². The molecule has 0 unspecified atom stereocenters. The van der Waals surface area contributed by atoms with Gasteiger partial charge in [0.25, 0.3) is 5.91 Å². The predicted octanol–water partition coefficient (Wildman–Crippen LogP) is 2.53. The minimum absolute atomic E-state index is 0.0561. The summed E-state index contributed by atoms with van der Waals surface area (Å²) in [4.78, 5) is 11.8. The van der Waals surface area contributed by atoms with E-state index in [0.717, 1.165) is 11.3 Å². The van der Waals surface area contributed by atoms with Crippen molar-refractivity contribution in [1.82, 2.24) is 5.32 Å². The lowest BCUT2D eigenvalue weighted by atomic mass is 10.2. The molecular formula is C15H17Cl2N2O2+. The first-order valence-corrected chi connectivity index (χ1v) is 7.39. The van der Waals surface area contributed by atoms with Gasteiger partial charge >= 0.3 is 0 Å². The number of benzene rings is 1. The van der Waals surface area contributed by atoms with Crippen LogP contribution in [0.25, 0.3) is 0 Å². The third kappa shape index (κ3) is 4.77. The maximum absolute atomic E-state index is 11.8. The summed E-state index contributed by atoms with van der Waals surface area (Å²) in [6.07, 6.45) is 1.63. The van der Waals surface area contributed by atoms with Crippen LogP contribution in [-0.2, 0) is 11.3 Å². The van der Waals surface area contributed by atoms with Crippen LogP contribution in [0, 0.1) is 0 Å². The van der Waals surface area contributed by atoms with Crippen molar-refractivity contribution in [2.24, 2.45) is 0 Å². The molecule has 1 atom stereocenters. The predicted molar refractivity (Wildman–Crippen MR) is 82.2 cm³/mol. The Balaban J connectivity index is 1.77. The molecule has 0 aliphatic carbocycles. The highest BCUT2D eigenvalue weighted by Gasteiger charge is 2.13. The zero-order chi connectivity index (χ0) is 15.2. The van der Waals surface area contributed by atoms with E-state index < -0.39 is 0 Å². The lowest BCUT2D eigenvalue weighted by Gasteiger charge is -2.09. The quantitative estimate of drug-likeness (QED) is 0.856. The molecule has 1 aromatic heterocycles. The SMILES string of the molecule is C[C@H]([NH2+]CC(=O)NCc1ccc(Cl)cc1Cl)c1ccco1. The van der Waals surface area contributed by atoms with E-state index in [1.165, 1.54) is 0 Å². The maximum atomic E-state index is 11.8. The second-order valence-corrected chi connectivity index (χ2v) is 5.60. The largest absolute Gasteiger partial charge is 0.463 e. The van der Waals surface area contributed by atoms with Crippen molar-refractivity contribution in [2.75, 3.05) is 6.54 Å². The Morgan fingerprint density at radius 3 is 2.86 bits per heavy atom. The van der Waals surface area contributed by atoms with Crippen molar-refractivity contribution in [3.8, 4) is 0 Å². The molecule has 0 saturated carbocycles. The van der Waals surface area contributed by atoms with Crippen molar-refractivity contribution in [3.63, 3.8) is 0 Å². The lowest BCUT2D eigenvalue weighted by Crippen LogP contribution is -2.86. The van der Waals surface area contributed by atoms with Gasteiger partial charge in [-0.3, -0.25) is 4.79 Å². The lowest BCUT2D eigenvalue weighted by molar-refractivity contribution is -0.684. The summed E-state index contributed by atoms with van der Waals surface area (Å²) in [5.74, 6) is 0.794. The van der Waals surface area contributed by atoms with Crippen molar-refractivity contribution in [2.45, 2.75) is 19.5 Å². The fourth-order valence-corrected chi connectivity index (χ4v) is 2.36. The molecule has 0 bridgehead atoms. The summed E-state index contributed by atoms with van der Waals surface area (Å²) in [5, 5.41) is 5.88. The summed E-state index contributed by atoms with van der Waals surface area (Å²) in [7, 11) is 0. The fraction of sp³-hybridized carbons (Fsp3) is 0.267. The minimum atomic E-state index is -0.0561. The van der Waals surface area contributed by atoms with Crippen LogP contribution in [-0.4, -0.2) is 12.5 Å². The van der Waals surface area contributed by atoms with Crippen molar-refractivity contribution < 1.29 is 14.5 Å². The normalized spacial score (nSPS) is 12.1. The van der Waals surface area contributed by atoms with E-state index >= 15 is 0 Å². The fourth-order valence-electron chi connectivity index (χ4n) is 1.88. The van der Waals surface area contributed by atoms with Crippen LogP contribution in [0.5, 0.6) is 0 Å². The van der Waals surface area contributed by atoms with Gasteiger partial charge in [0.05, 0.1) is 6.26 Å². The average Bonchev–Trinajstić information content (AvgIpc) is 2.98. The molecule has 0 spiro atoms. The number of nitrogens with two attached hydrogens (primary N) is 1. The van der Waals surface area contributed by atoms with Gasteiger partial charge in [-0.25, -0.2) is 0 Å². The Labute approximate surface area is 133 Å². The van der Waals surface area contributed by atoms with Gasteiger partial charge in [0.15, 0.2) is 12.3 Å². The minimum Gasteiger partial charge on any atom is -0.463 e. The number of carbonyl (C=O) groups is 1. The highest BCUT2D eigenvalue weighted by atomic mass is 35.5. The van der Waals surface area contributed by atoms with E-state index in [1.54, 1.807) is 24.5 Å². The van der Waals surface area contributed by atoms with Gasteiger partial charge in [-0.1, -0.05) is 29.3 Å². The van der Waals surface area contributed by atoms with Crippen LogP contribution in [0.2, 0.25) is 10.0 Å². The molecule has 1 amide bonds. The molecule has 1 aromatic carbocycles. The van der Waals surface area contributed by atoms with E-state index in [9.17, 15) is 4.79 Å². The van der Waals surface area contributed by atoms with Crippen LogP contribution >= 0.6 is 23.2 Å². The van der Waals surface area contributed by atoms with Gasteiger partial charge in [-0.05, 0) is 36.8 Å². The van der Waals surface area contributed by atoms with Crippen LogP contribution in [0.4, 0.5) is 0 Å². The van der Waals surface area contributed by atoms with E-state index in [4.69, 9.17) is 27.6 Å². The number of hydrogen-bond donors (Lipinski definition) is 2. The summed E-state index contributed by atoms with van der Waals surface area (Å²) < 4.78 is 5.29. The number of nitrogens with one attached hydrogen (secondary N) is 1. The van der Waals surface area contributed by atoms with Gasteiger partial charge in [0, 0.05) is 16.6 Å². The number of furan rings is 1. The van der Waals surface area contributed by atoms with Gasteiger partial charge in [-0.15, -0.1) is 0 Å². The third-order valence-electron chi connectivity index (χ3n) is 3.14. The van der Waals surface area contributed by atoms with E-state index in [1.807, 2.05) is 24.4 Å². The number of rotatable bonds is 6. The van der Waals surface area contributed by atoms with E-state index in [-0.39, 0.29) is 11.9 Å². The van der Waals surface area contributed by atoms with Gasteiger partial charge in [0.2, 0.25) is 0 Å². The van der Waals surface area contributed by atoms with E-state index in [2.05, 4.69) is 5.32 Å². The molecule has 0 radical (unpaired) electrons. The zero-order valence-electron chi connectivity index (χ0n) is 11.6. The van der Waals surface area contributed by atoms with Crippen molar-refractivity contribution in [1.29, 1.82) is 0 Å². The molecule has 4 nitrogen and oxygen atoms in total. The van der Waals surface area contributed by atoms with Crippen molar-refractivity contribution in [3.05, 3.63) is 58.0 Å². The molecule has 1 heterocycles. The maximum Gasteiger partial charge on any atom is 0.275 e. The Kier molecular flexibility index (Phi) is 5.67. The summed E-state index contributed by atoms with van der Waals surface area (Å²) >= 11 is 11.9. The molecule has 0 saturated heterocycles. The topological polar surface area (TPSA) is 58.9 Å². The molecule has 6 heteroatoms. The molecule has 3 N–H and O–H groups in total. The molecule has 2 aromatic rings. The summed E-state index contributed by atoms with van der Waals surface area (Å²) in [5.41, 5.74) is 0.841. The number of hydrogen-bond acceptors (Lipinski definition) is 2. The first kappa shape index (κ1) is 15.9. The summed E-state index contributed by atoms with van der Waals surface area (Å²) in [6, 6.07) is 9.05. The first-order valence-electron chi connectivity index (χ1n) is 6.63. The van der Waals surface area contributed by atoms with Crippen LogP contribution in [0.15, 0.2) is 41.0 Å². The standard InChI is InChI=1S/C15H16Cl2N2O2/c1-10(14-3-2-6-21-14)18-9-15(20)19-8-11-4-5-12(16)7-13(11)17/h2-7,10,18H,8-9H2,1H3,(H,19,20)/p+1/t10-/m0/s1. The van der Waals surface area contributed by atoms with Gasteiger partial charge in [0.1, 0.15) is 6.04 Å². The molecule has 0 aliphatic rings. The number of halogens is 2. The van der Waals surface area contributed by atoms with Crippen LogP contribution in [0.3, 0.4) is 0 Å². The van der Waals surface area contributed by atoms with Crippen molar-refractivity contribution >= 4 is 29.1 Å². The summed E-state index contributed by atoms with van der Waals surface area (Å²) in [6.45, 7) is 2.70. The Morgan fingerprint density at radius 2 is 2.19 bits per heavy atom. The Hall–Kier alpha value is -1.49. The second-order valence-electron chi connectivity index (χ2n) is 4.76. The highest BCUT2D eigenvalue weighted by molar-refractivity contribution is 6.35. The molecular weight excluding hydrogens is 311 g/mol. The highest BCUT2D eigenvalue weighted by Crippen LogP contribution is 2.20. The molecule has 0 aliphatic heterocycles. The Morgan fingerprint density at radius 1 is 1.38 bits per heavy atom. The smallest absolute Gasteiger partial charge is 0.275 e. The van der Waals surface area contributed by atoms with Crippen LogP contribution < -0.4 is 10.6 Å². The van der Waals surface area contributed by atoms with Gasteiger partial charge in [-0.2, -0.15) is 0 Å². The number of amides is 1. The Bertz CT molecular complexity index is 600. The number of quaternary nitrogens is 1. The second kappa shape index (κ2) is 7.50. The zero-order valence-corrected chi connectivity index (χ0v) is 13.1. The first-order chi connectivity index (χ1) is 10.1. The van der Waals surface area contributed by atoms with Gasteiger partial charge < -0.3 is 15.1 Å². The average molecular weight is 328 g/mol.